The molecule has 0 saturated heterocycles. The molecule has 1 aromatic rings. The smallest absolute Gasteiger partial charge is 0.129 e. The Balaban J connectivity index is 2.97. The molecule has 0 fully saturated rings. The summed E-state index contributed by atoms with van der Waals surface area (Å²) in [5, 5.41) is 13.2. The van der Waals surface area contributed by atoms with Crippen molar-refractivity contribution in [3.63, 3.8) is 0 Å². The Morgan fingerprint density at radius 1 is 1.39 bits per heavy atom. The summed E-state index contributed by atoms with van der Waals surface area (Å²) in [4.78, 5) is 0. The van der Waals surface area contributed by atoms with Crippen molar-refractivity contribution in [2.75, 3.05) is 6.54 Å². The second-order valence-corrected chi connectivity index (χ2v) is 4.58. The van der Waals surface area contributed by atoms with Crippen LogP contribution in [0.2, 0.25) is 0 Å². The van der Waals surface area contributed by atoms with Gasteiger partial charge in [-0.3, -0.25) is 0 Å². The van der Waals surface area contributed by atoms with Crippen molar-refractivity contribution < 1.29 is 13.9 Å². The molecule has 2 nitrogen and oxygen atoms in total. The summed E-state index contributed by atoms with van der Waals surface area (Å²) in [6, 6.07) is 2.73. The van der Waals surface area contributed by atoms with Crippen molar-refractivity contribution in [1.82, 2.24) is 5.32 Å². The van der Waals surface area contributed by atoms with Crippen molar-refractivity contribution in [2.45, 2.75) is 26.0 Å². The zero-order valence-electron chi connectivity index (χ0n) is 10.7. The molecule has 2 N–H and O–H groups in total. The highest BCUT2D eigenvalue weighted by Gasteiger charge is 2.25. The van der Waals surface area contributed by atoms with Crippen LogP contribution in [0, 0.1) is 17.6 Å². The topological polar surface area (TPSA) is 32.3 Å². The SMILES string of the molecule is C=CCNC(C(C)C)C(O)c1cc(F)ccc1F. The minimum absolute atomic E-state index is 0.0229. The van der Waals surface area contributed by atoms with Gasteiger partial charge in [0.25, 0.3) is 0 Å². The van der Waals surface area contributed by atoms with Gasteiger partial charge < -0.3 is 10.4 Å². The highest BCUT2D eigenvalue weighted by molar-refractivity contribution is 5.22. The van der Waals surface area contributed by atoms with Gasteiger partial charge in [0.05, 0.1) is 6.10 Å². The van der Waals surface area contributed by atoms with Gasteiger partial charge in [0, 0.05) is 18.2 Å². The number of hydrogen-bond donors (Lipinski definition) is 2. The molecule has 4 heteroatoms. The molecule has 1 rings (SSSR count). The minimum atomic E-state index is -1.10. The number of aliphatic hydroxyl groups is 1. The summed E-state index contributed by atoms with van der Waals surface area (Å²) in [7, 11) is 0. The monoisotopic (exact) mass is 255 g/mol. The molecule has 0 aliphatic carbocycles. The number of benzene rings is 1. The summed E-state index contributed by atoms with van der Waals surface area (Å²) in [6.45, 7) is 7.88. The molecule has 100 valence electrons. The zero-order chi connectivity index (χ0) is 13.7. The summed E-state index contributed by atoms with van der Waals surface area (Å²) in [5.41, 5.74) is -0.0229. The van der Waals surface area contributed by atoms with E-state index in [0.717, 1.165) is 18.2 Å². The Morgan fingerprint density at radius 3 is 2.61 bits per heavy atom. The summed E-state index contributed by atoms with van der Waals surface area (Å²) in [5.74, 6) is -1.09. The van der Waals surface area contributed by atoms with Crippen LogP contribution in [0.25, 0.3) is 0 Å². The Bertz CT molecular complexity index is 407. The molecular weight excluding hydrogens is 236 g/mol. The molecule has 18 heavy (non-hydrogen) atoms. The molecule has 1 aromatic carbocycles. The lowest BCUT2D eigenvalue weighted by Gasteiger charge is -2.27. The van der Waals surface area contributed by atoms with Gasteiger partial charge in [-0.1, -0.05) is 19.9 Å². The van der Waals surface area contributed by atoms with Crippen LogP contribution in [-0.4, -0.2) is 17.7 Å². The van der Waals surface area contributed by atoms with E-state index in [2.05, 4.69) is 11.9 Å². The van der Waals surface area contributed by atoms with Gasteiger partial charge in [0.15, 0.2) is 0 Å². The van der Waals surface area contributed by atoms with Crippen molar-refractivity contribution in [2.24, 2.45) is 5.92 Å². The fourth-order valence-electron chi connectivity index (χ4n) is 1.87. The summed E-state index contributed by atoms with van der Waals surface area (Å²) in [6.07, 6.45) is 0.560. The third-order valence-electron chi connectivity index (χ3n) is 2.83. The van der Waals surface area contributed by atoms with Crippen molar-refractivity contribution >= 4 is 0 Å². The molecule has 0 bridgehead atoms. The van der Waals surface area contributed by atoms with E-state index in [0.29, 0.717) is 6.54 Å². The first-order valence-corrected chi connectivity index (χ1v) is 5.94. The molecule has 0 radical (unpaired) electrons. The van der Waals surface area contributed by atoms with E-state index in [-0.39, 0.29) is 17.5 Å². The Hall–Kier alpha value is -1.26. The van der Waals surface area contributed by atoms with E-state index in [1.807, 2.05) is 13.8 Å². The third-order valence-corrected chi connectivity index (χ3v) is 2.83. The summed E-state index contributed by atoms with van der Waals surface area (Å²) < 4.78 is 26.7. The lowest BCUT2D eigenvalue weighted by molar-refractivity contribution is 0.103. The standard InChI is InChI=1S/C14H19F2NO/c1-4-7-17-13(9(2)3)14(18)11-8-10(15)5-6-12(11)16/h4-6,8-9,13-14,17-18H,1,7H2,2-3H3. The molecule has 0 spiro atoms. The van der Waals surface area contributed by atoms with Gasteiger partial charge in [0.1, 0.15) is 11.6 Å². The van der Waals surface area contributed by atoms with Crippen molar-refractivity contribution in [3.8, 4) is 0 Å². The van der Waals surface area contributed by atoms with E-state index in [9.17, 15) is 13.9 Å². The van der Waals surface area contributed by atoms with Crippen LogP contribution in [0.1, 0.15) is 25.5 Å². The van der Waals surface area contributed by atoms with Gasteiger partial charge in [-0.05, 0) is 24.1 Å². The number of rotatable bonds is 6. The van der Waals surface area contributed by atoms with E-state index in [4.69, 9.17) is 0 Å². The number of nitrogens with one attached hydrogen (secondary N) is 1. The van der Waals surface area contributed by atoms with Crippen LogP contribution < -0.4 is 5.32 Å². The van der Waals surface area contributed by atoms with Crippen LogP contribution in [0.3, 0.4) is 0 Å². The summed E-state index contributed by atoms with van der Waals surface area (Å²) >= 11 is 0. The van der Waals surface area contributed by atoms with Gasteiger partial charge in [0.2, 0.25) is 0 Å². The minimum Gasteiger partial charge on any atom is -0.387 e. The second kappa shape index (κ2) is 6.61. The first-order chi connectivity index (χ1) is 8.47. The van der Waals surface area contributed by atoms with Crippen LogP contribution in [0.15, 0.2) is 30.9 Å². The Kier molecular flexibility index (Phi) is 5.44. The normalized spacial score (nSPS) is 14.6. The fourth-order valence-corrected chi connectivity index (χ4v) is 1.87. The molecule has 0 aliphatic rings. The van der Waals surface area contributed by atoms with Crippen molar-refractivity contribution in [1.29, 1.82) is 0 Å². The number of aliphatic hydroxyl groups excluding tert-OH is 1. The van der Waals surface area contributed by atoms with Crippen molar-refractivity contribution in [3.05, 3.63) is 48.1 Å². The van der Waals surface area contributed by atoms with Gasteiger partial charge in [-0.2, -0.15) is 0 Å². The highest BCUT2D eigenvalue weighted by atomic mass is 19.1. The van der Waals surface area contributed by atoms with Crippen LogP contribution in [0.4, 0.5) is 8.78 Å². The molecule has 0 heterocycles. The van der Waals surface area contributed by atoms with E-state index in [1.54, 1.807) is 6.08 Å². The first kappa shape index (κ1) is 14.8. The Labute approximate surface area is 106 Å². The lowest BCUT2D eigenvalue weighted by atomic mass is 9.93. The van der Waals surface area contributed by atoms with Gasteiger partial charge in [-0.25, -0.2) is 8.78 Å². The van der Waals surface area contributed by atoms with E-state index in [1.165, 1.54) is 0 Å². The Morgan fingerprint density at radius 2 is 2.06 bits per heavy atom. The lowest BCUT2D eigenvalue weighted by Crippen LogP contribution is -2.39. The predicted molar refractivity (Wildman–Crippen MR) is 68.1 cm³/mol. The molecule has 2 unspecified atom stereocenters. The average molecular weight is 255 g/mol. The largest absolute Gasteiger partial charge is 0.387 e. The predicted octanol–water partition coefficient (Wildman–Crippen LogP) is 2.80. The maximum Gasteiger partial charge on any atom is 0.129 e. The second-order valence-electron chi connectivity index (χ2n) is 4.58. The number of hydrogen-bond acceptors (Lipinski definition) is 2. The highest BCUT2D eigenvalue weighted by Crippen LogP contribution is 2.25. The average Bonchev–Trinajstić information content (AvgIpc) is 2.32. The van der Waals surface area contributed by atoms with E-state index >= 15 is 0 Å². The van der Waals surface area contributed by atoms with Crippen LogP contribution in [0.5, 0.6) is 0 Å². The molecule has 0 aliphatic heterocycles. The molecule has 0 aromatic heterocycles. The maximum absolute atomic E-state index is 13.6. The molecule has 2 atom stereocenters. The molecule has 0 amide bonds. The quantitative estimate of drug-likeness (QED) is 0.766. The van der Waals surface area contributed by atoms with Gasteiger partial charge in [-0.15, -0.1) is 6.58 Å². The molecule has 0 saturated carbocycles. The first-order valence-electron chi connectivity index (χ1n) is 5.94. The third kappa shape index (κ3) is 3.62. The molecular formula is C14H19F2NO. The van der Waals surface area contributed by atoms with Gasteiger partial charge >= 0.3 is 0 Å². The zero-order valence-corrected chi connectivity index (χ0v) is 10.7. The van der Waals surface area contributed by atoms with Crippen LogP contribution in [-0.2, 0) is 0 Å². The fraction of sp³-hybridized carbons (Fsp3) is 0.429. The maximum atomic E-state index is 13.6. The van der Waals surface area contributed by atoms with E-state index < -0.39 is 17.7 Å². The number of halogens is 2. The van der Waals surface area contributed by atoms with Crippen LogP contribution >= 0.6 is 0 Å².